The number of pyridine rings is 1. The van der Waals surface area contributed by atoms with Crippen LogP contribution >= 0.6 is 0 Å². The molecule has 1 aromatic carbocycles. The molecule has 0 saturated carbocycles. The Morgan fingerprint density at radius 1 is 1.07 bits per heavy atom. The number of fused-ring (bicyclic) bond motifs is 1. The minimum absolute atomic E-state index is 0.148. The van der Waals surface area contributed by atoms with E-state index in [-0.39, 0.29) is 5.56 Å². The molecule has 0 bridgehead atoms. The number of alkyl halides is 2. The van der Waals surface area contributed by atoms with E-state index < -0.39 is 23.3 Å². The minimum Gasteiger partial charge on any atom is -0.363 e. The molecule has 0 spiro atoms. The van der Waals surface area contributed by atoms with Gasteiger partial charge in [0.05, 0.1) is 17.0 Å². The number of benzene rings is 1. The lowest BCUT2D eigenvalue weighted by Gasteiger charge is -2.20. The van der Waals surface area contributed by atoms with Gasteiger partial charge in [-0.3, -0.25) is 0 Å². The molecule has 1 N–H and O–H groups in total. The normalized spacial score (nSPS) is 13.0. The van der Waals surface area contributed by atoms with E-state index in [1.54, 1.807) is 13.8 Å². The molecular formula is C20H21F3N4. The molecule has 2 aromatic heterocycles. The van der Waals surface area contributed by atoms with Crippen LogP contribution in [0.4, 0.5) is 19.0 Å². The van der Waals surface area contributed by atoms with Crippen molar-refractivity contribution in [3.8, 4) is 0 Å². The van der Waals surface area contributed by atoms with Crippen molar-refractivity contribution in [2.75, 3.05) is 5.32 Å². The molecule has 0 aliphatic carbocycles. The summed E-state index contributed by atoms with van der Waals surface area (Å²) in [5, 5.41) is 3.83. The van der Waals surface area contributed by atoms with E-state index in [1.165, 1.54) is 12.1 Å². The predicted octanol–water partition coefficient (Wildman–Crippen LogP) is 5.37. The standard InChI is InChI=1S/C20H21F3N4/c1-10-9-15-18(24-11(10)2)26-13(4)27-19(15)25-12(3)14-7-6-8-16(17(14)21)20(5,22)23/h6-9,12H,1-5H3,(H,24,25,26,27)/t12-/m1/s1. The summed E-state index contributed by atoms with van der Waals surface area (Å²) in [5.41, 5.74) is 1.91. The third-order valence-corrected chi connectivity index (χ3v) is 4.56. The van der Waals surface area contributed by atoms with Crippen LogP contribution in [0.2, 0.25) is 0 Å². The lowest BCUT2D eigenvalue weighted by Crippen LogP contribution is -2.16. The Morgan fingerprint density at radius 2 is 1.78 bits per heavy atom. The number of nitrogens with one attached hydrogen (secondary N) is 1. The molecule has 0 fully saturated rings. The molecular weight excluding hydrogens is 353 g/mol. The third kappa shape index (κ3) is 3.72. The second-order valence-electron chi connectivity index (χ2n) is 6.84. The summed E-state index contributed by atoms with van der Waals surface area (Å²) >= 11 is 0. The number of nitrogens with zero attached hydrogens (tertiary/aromatic N) is 3. The summed E-state index contributed by atoms with van der Waals surface area (Å²) in [7, 11) is 0. The van der Waals surface area contributed by atoms with E-state index in [0.717, 1.165) is 17.3 Å². The maximum Gasteiger partial charge on any atom is 0.273 e. The van der Waals surface area contributed by atoms with Gasteiger partial charge in [0.15, 0.2) is 5.65 Å². The Bertz CT molecular complexity index is 1010. The van der Waals surface area contributed by atoms with Crippen molar-refractivity contribution in [1.82, 2.24) is 15.0 Å². The predicted molar refractivity (Wildman–Crippen MR) is 99.5 cm³/mol. The molecule has 0 unspecified atom stereocenters. The second-order valence-corrected chi connectivity index (χ2v) is 6.84. The molecule has 0 aliphatic heterocycles. The van der Waals surface area contributed by atoms with Crippen molar-refractivity contribution >= 4 is 16.9 Å². The van der Waals surface area contributed by atoms with Crippen LogP contribution in [0.3, 0.4) is 0 Å². The molecule has 3 rings (SSSR count). The van der Waals surface area contributed by atoms with Gasteiger partial charge in [-0.05, 0) is 39.3 Å². The fourth-order valence-corrected chi connectivity index (χ4v) is 2.97. The van der Waals surface area contributed by atoms with E-state index >= 15 is 0 Å². The largest absolute Gasteiger partial charge is 0.363 e. The number of aromatic nitrogens is 3. The van der Waals surface area contributed by atoms with E-state index in [1.807, 2.05) is 19.9 Å². The van der Waals surface area contributed by atoms with Crippen molar-refractivity contribution in [3.05, 3.63) is 58.3 Å². The van der Waals surface area contributed by atoms with Crippen LogP contribution in [-0.2, 0) is 5.92 Å². The fourth-order valence-electron chi connectivity index (χ4n) is 2.97. The van der Waals surface area contributed by atoms with Crippen LogP contribution in [0, 0.1) is 26.6 Å². The molecule has 0 aliphatic rings. The molecule has 0 saturated heterocycles. The Balaban J connectivity index is 2.05. The number of halogens is 3. The van der Waals surface area contributed by atoms with Gasteiger partial charge in [-0.25, -0.2) is 28.1 Å². The van der Waals surface area contributed by atoms with Gasteiger partial charge in [0.25, 0.3) is 5.92 Å². The van der Waals surface area contributed by atoms with Crippen LogP contribution in [-0.4, -0.2) is 15.0 Å². The summed E-state index contributed by atoms with van der Waals surface area (Å²) in [6, 6.07) is 5.37. The summed E-state index contributed by atoms with van der Waals surface area (Å²) in [6.45, 7) is 7.96. The number of hydrogen-bond donors (Lipinski definition) is 1. The van der Waals surface area contributed by atoms with Crippen molar-refractivity contribution in [3.63, 3.8) is 0 Å². The molecule has 1 atom stereocenters. The van der Waals surface area contributed by atoms with Gasteiger partial charge in [0, 0.05) is 18.2 Å². The smallest absolute Gasteiger partial charge is 0.273 e. The number of anilines is 1. The average Bonchev–Trinajstić information content (AvgIpc) is 2.55. The quantitative estimate of drug-likeness (QED) is 0.667. The highest BCUT2D eigenvalue weighted by atomic mass is 19.3. The molecule has 7 heteroatoms. The Hall–Kier alpha value is -2.70. The van der Waals surface area contributed by atoms with Crippen LogP contribution < -0.4 is 5.32 Å². The Kier molecular flexibility index (Phi) is 4.80. The van der Waals surface area contributed by atoms with E-state index in [4.69, 9.17) is 0 Å². The Labute approximate surface area is 155 Å². The van der Waals surface area contributed by atoms with Gasteiger partial charge in [0.1, 0.15) is 17.5 Å². The average molecular weight is 374 g/mol. The van der Waals surface area contributed by atoms with E-state index in [9.17, 15) is 13.2 Å². The SMILES string of the molecule is Cc1nc(N[C@H](C)c2cccc(C(C)(F)F)c2F)c2cc(C)c(C)nc2n1. The summed E-state index contributed by atoms with van der Waals surface area (Å²) in [5.74, 6) is -3.16. The molecule has 0 amide bonds. The van der Waals surface area contributed by atoms with E-state index in [0.29, 0.717) is 29.6 Å². The molecule has 4 nitrogen and oxygen atoms in total. The highest BCUT2D eigenvalue weighted by Crippen LogP contribution is 2.33. The first-order valence-electron chi connectivity index (χ1n) is 8.63. The van der Waals surface area contributed by atoms with Crippen LogP contribution in [0.15, 0.2) is 24.3 Å². The van der Waals surface area contributed by atoms with Crippen LogP contribution in [0.5, 0.6) is 0 Å². The third-order valence-electron chi connectivity index (χ3n) is 4.56. The fraction of sp³-hybridized carbons (Fsp3) is 0.350. The molecule has 0 radical (unpaired) electrons. The molecule has 142 valence electrons. The maximum absolute atomic E-state index is 14.7. The van der Waals surface area contributed by atoms with Gasteiger partial charge in [-0.2, -0.15) is 0 Å². The zero-order valence-electron chi connectivity index (χ0n) is 15.9. The van der Waals surface area contributed by atoms with Crippen LogP contribution in [0.1, 0.15) is 48.1 Å². The molecule has 3 aromatic rings. The first-order chi connectivity index (χ1) is 12.6. The molecule has 27 heavy (non-hydrogen) atoms. The highest BCUT2D eigenvalue weighted by Gasteiger charge is 2.30. The topological polar surface area (TPSA) is 50.7 Å². The van der Waals surface area contributed by atoms with Gasteiger partial charge in [0.2, 0.25) is 0 Å². The summed E-state index contributed by atoms with van der Waals surface area (Å²) < 4.78 is 41.9. The molecule has 2 heterocycles. The van der Waals surface area contributed by atoms with Gasteiger partial charge >= 0.3 is 0 Å². The van der Waals surface area contributed by atoms with Gasteiger partial charge < -0.3 is 5.32 Å². The second kappa shape index (κ2) is 6.79. The van der Waals surface area contributed by atoms with Crippen molar-refractivity contribution < 1.29 is 13.2 Å². The maximum atomic E-state index is 14.7. The van der Waals surface area contributed by atoms with Crippen molar-refractivity contribution in [2.24, 2.45) is 0 Å². The lowest BCUT2D eigenvalue weighted by molar-refractivity contribution is 0.0136. The lowest BCUT2D eigenvalue weighted by atomic mass is 10.0. The van der Waals surface area contributed by atoms with Gasteiger partial charge in [-0.15, -0.1) is 0 Å². The Morgan fingerprint density at radius 3 is 2.44 bits per heavy atom. The number of aryl methyl sites for hydroxylation is 3. The number of rotatable bonds is 4. The number of hydrogen-bond acceptors (Lipinski definition) is 4. The van der Waals surface area contributed by atoms with Gasteiger partial charge in [-0.1, -0.05) is 18.2 Å². The first-order valence-corrected chi connectivity index (χ1v) is 8.63. The first kappa shape index (κ1) is 19.1. The van der Waals surface area contributed by atoms with Crippen LogP contribution in [0.25, 0.3) is 11.0 Å². The van der Waals surface area contributed by atoms with E-state index in [2.05, 4.69) is 20.3 Å². The summed E-state index contributed by atoms with van der Waals surface area (Å²) in [6.07, 6.45) is 0. The van der Waals surface area contributed by atoms with Crippen molar-refractivity contribution in [2.45, 2.75) is 46.6 Å². The van der Waals surface area contributed by atoms with Crippen molar-refractivity contribution in [1.29, 1.82) is 0 Å². The zero-order chi connectivity index (χ0) is 19.9. The highest BCUT2D eigenvalue weighted by molar-refractivity contribution is 5.87. The zero-order valence-corrected chi connectivity index (χ0v) is 15.9. The summed E-state index contributed by atoms with van der Waals surface area (Å²) in [4.78, 5) is 13.2. The minimum atomic E-state index is -3.25. The monoisotopic (exact) mass is 374 g/mol.